The maximum absolute atomic E-state index is 12.6. The summed E-state index contributed by atoms with van der Waals surface area (Å²) in [5.41, 5.74) is 0.930. The number of ether oxygens (including phenoxy) is 1. The molecule has 2 aliphatic rings. The van der Waals surface area contributed by atoms with Gasteiger partial charge in [0.2, 0.25) is 10.0 Å². The van der Waals surface area contributed by atoms with Gasteiger partial charge in [-0.3, -0.25) is 4.79 Å². The average Bonchev–Trinajstić information content (AvgIpc) is 2.62. The van der Waals surface area contributed by atoms with E-state index in [1.165, 1.54) is 4.31 Å². The van der Waals surface area contributed by atoms with Gasteiger partial charge in [0, 0.05) is 31.9 Å². The van der Waals surface area contributed by atoms with Crippen LogP contribution in [0.25, 0.3) is 0 Å². The molecule has 0 saturated carbocycles. The molecule has 1 aromatic rings. The summed E-state index contributed by atoms with van der Waals surface area (Å²) in [4.78, 5) is 13.4. The minimum absolute atomic E-state index is 0.276. The van der Waals surface area contributed by atoms with Gasteiger partial charge in [0.25, 0.3) is 0 Å². The van der Waals surface area contributed by atoms with E-state index in [0.717, 1.165) is 5.69 Å². The molecule has 24 heavy (non-hydrogen) atoms. The lowest BCUT2D eigenvalue weighted by Gasteiger charge is -2.32. The lowest BCUT2D eigenvalue weighted by molar-refractivity contribution is -0.142. The van der Waals surface area contributed by atoms with E-state index in [-0.39, 0.29) is 10.8 Å². The Morgan fingerprint density at radius 3 is 2.17 bits per heavy atom. The summed E-state index contributed by atoms with van der Waals surface area (Å²) in [5, 5.41) is 9.05. The second-order valence-electron chi connectivity index (χ2n) is 6.11. The van der Waals surface area contributed by atoms with Crippen LogP contribution in [0.1, 0.15) is 12.8 Å². The monoisotopic (exact) mass is 354 g/mol. The Morgan fingerprint density at radius 1 is 1.04 bits per heavy atom. The number of nitrogens with zero attached hydrogens (tertiary/aromatic N) is 2. The number of carbonyl (C=O) groups is 1. The standard InChI is InChI=1S/C16H22N2O5S/c19-16(20)13-5-7-17(8-6-13)14-1-3-15(4-2-14)24(21,22)18-9-11-23-12-10-18/h1-4,13H,5-12H2,(H,19,20). The van der Waals surface area contributed by atoms with E-state index >= 15 is 0 Å². The Kier molecular flexibility index (Phi) is 5.07. The van der Waals surface area contributed by atoms with E-state index in [4.69, 9.17) is 9.84 Å². The molecule has 7 nitrogen and oxygen atoms in total. The molecule has 2 saturated heterocycles. The SMILES string of the molecule is O=C(O)C1CCN(c2ccc(S(=O)(=O)N3CCOCC3)cc2)CC1. The van der Waals surface area contributed by atoms with Crippen LogP contribution < -0.4 is 4.90 Å². The van der Waals surface area contributed by atoms with Crippen LogP contribution in [-0.2, 0) is 19.6 Å². The summed E-state index contributed by atoms with van der Waals surface area (Å²) in [6.07, 6.45) is 1.23. The van der Waals surface area contributed by atoms with Gasteiger partial charge in [0.1, 0.15) is 0 Å². The number of piperidine rings is 1. The molecule has 2 heterocycles. The predicted octanol–water partition coefficient (Wildman–Crippen LogP) is 1.01. The van der Waals surface area contributed by atoms with Crippen LogP contribution in [-0.4, -0.2) is 63.2 Å². The van der Waals surface area contributed by atoms with Crippen molar-refractivity contribution < 1.29 is 23.1 Å². The van der Waals surface area contributed by atoms with Crippen molar-refractivity contribution in [2.75, 3.05) is 44.3 Å². The van der Waals surface area contributed by atoms with Crippen molar-refractivity contribution >= 4 is 21.7 Å². The zero-order valence-electron chi connectivity index (χ0n) is 13.4. The maximum Gasteiger partial charge on any atom is 0.306 e. The number of morpholine rings is 1. The number of benzene rings is 1. The predicted molar refractivity (Wildman–Crippen MR) is 88.6 cm³/mol. The molecular formula is C16H22N2O5S. The van der Waals surface area contributed by atoms with E-state index in [9.17, 15) is 13.2 Å². The van der Waals surface area contributed by atoms with Gasteiger partial charge in [0.05, 0.1) is 24.0 Å². The summed E-state index contributed by atoms with van der Waals surface area (Å²) >= 11 is 0. The number of carboxylic acids is 1. The van der Waals surface area contributed by atoms with E-state index in [2.05, 4.69) is 4.90 Å². The minimum Gasteiger partial charge on any atom is -0.481 e. The molecule has 0 radical (unpaired) electrons. The summed E-state index contributed by atoms with van der Waals surface area (Å²) in [6.45, 7) is 2.96. The maximum atomic E-state index is 12.6. The van der Waals surface area contributed by atoms with Gasteiger partial charge in [0.15, 0.2) is 0 Å². The largest absolute Gasteiger partial charge is 0.481 e. The lowest BCUT2D eigenvalue weighted by Crippen LogP contribution is -2.40. The van der Waals surface area contributed by atoms with Crippen LogP contribution in [0.4, 0.5) is 5.69 Å². The summed E-state index contributed by atoms with van der Waals surface area (Å²) in [7, 11) is -3.47. The second kappa shape index (κ2) is 7.08. The van der Waals surface area contributed by atoms with Crippen molar-refractivity contribution in [3.8, 4) is 0 Å². The molecule has 2 aliphatic heterocycles. The van der Waals surface area contributed by atoms with E-state index < -0.39 is 16.0 Å². The molecule has 0 amide bonds. The minimum atomic E-state index is -3.47. The quantitative estimate of drug-likeness (QED) is 0.868. The molecule has 0 aromatic heterocycles. The molecule has 1 N–H and O–H groups in total. The van der Waals surface area contributed by atoms with Crippen molar-refractivity contribution in [3.05, 3.63) is 24.3 Å². The van der Waals surface area contributed by atoms with Crippen molar-refractivity contribution in [1.29, 1.82) is 0 Å². The number of hydrogen-bond acceptors (Lipinski definition) is 5. The van der Waals surface area contributed by atoms with Crippen LogP contribution in [0.15, 0.2) is 29.2 Å². The zero-order chi connectivity index (χ0) is 17.2. The second-order valence-corrected chi connectivity index (χ2v) is 8.05. The highest BCUT2D eigenvalue weighted by Gasteiger charge is 2.27. The fraction of sp³-hybridized carbons (Fsp3) is 0.562. The summed E-state index contributed by atoms with van der Waals surface area (Å²) < 4.78 is 31.8. The Balaban J connectivity index is 1.68. The van der Waals surface area contributed by atoms with Gasteiger partial charge in [-0.25, -0.2) is 8.42 Å². The molecule has 3 rings (SSSR count). The fourth-order valence-electron chi connectivity index (χ4n) is 3.15. The Bertz CT molecular complexity index is 675. The highest BCUT2D eigenvalue weighted by Crippen LogP contribution is 2.25. The first-order valence-corrected chi connectivity index (χ1v) is 9.58. The van der Waals surface area contributed by atoms with Crippen LogP contribution in [0, 0.1) is 5.92 Å². The first-order chi connectivity index (χ1) is 11.5. The first-order valence-electron chi connectivity index (χ1n) is 8.14. The molecular weight excluding hydrogens is 332 g/mol. The third-order valence-corrected chi connectivity index (χ3v) is 6.57. The average molecular weight is 354 g/mol. The Morgan fingerprint density at radius 2 is 1.62 bits per heavy atom. The molecule has 132 valence electrons. The van der Waals surface area contributed by atoms with Gasteiger partial charge >= 0.3 is 5.97 Å². The summed E-state index contributed by atoms with van der Waals surface area (Å²) in [5.74, 6) is -1.01. The van der Waals surface area contributed by atoms with Crippen molar-refractivity contribution in [2.45, 2.75) is 17.7 Å². The highest BCUT2D eigenvalue weighted by atomic mass is 32.2. The number of anilines is 1. The van der Waals surface area contributed by atoms with Gasteiger partial charge in [-0.05, 0) is 37.1 Å². The smallest absolute Gasteiger partial charge is 0.306 e. The third-order valence-electron chi connectivity index (χ3n) is 4.65. The Hall–Kier alpha value is -1.64. The molecule has 1 aromatic carbocycles. The molecule has 8 heteroatoms. The van der Waals surface area contributed by atoms with Crippen LogP contribution >= 0.6 is 0 Å². The van der Waals surface area contributed by atoms with Crippen molar-refractivity contribution in [3.63, 3.8) is 0 Å². The third kappa shape index (κ3) is 3.55. The summed E-state index contributed by atoms with van der Waals surface area (Å²) in [6, 6.07) is 6.86. The van der Waals surface area contributed by atoms with Crippen molar-refractivity contribution in [1.82, 2.24) is 4.31 Å². The van der Waals surface area contributed by atoms with E-state index in [1.54, 1.807) is 24.3 Å². The number of hydrogen-bond donors (Lipinski definition) is 1. The fourth-order valence-corrected chi connectivity index (χ4v) is 4.56. The zero-order valence-corrected chi connectivity index (χ0v) is 14.2. The van der Waals surface area contributed by atoms with Gasteiger partial charge in [-0.2, -0.15) is 4.31 Å². The van der Waals surface area contributed by atoms with Crippen LogP contribution in [0.5, 0.6) is 0 Å². The van der Waals surface area contributed by atoms with E-state index in [1.807, 2.05) is 0 Å². The van der Waals surface area contributed by atoms with E-state index in [0.29, 0.717) is 52.2 Å². The Labute approximate surface area is 141 Å². The van der Waals surface area contributed by atoms with Crippen LogP contribution in [0.3, 0.4) is 0 Å². The lowest BCUT2D eigenvalue weighted by atomic mass is 9.97. The number of aliphatic carboxylic acids is 1. The van der Waals surface area contributed by atoms with Gasteiger partial charge in [-0.1, -0.05) is 0 Å². The molecule has 0 bridgehead atoms. The van der Waals surface area contributed by atoms with Crippen LogP contribution in [0.2, 0.25) is 0 Å². The number of sulfonamides is 1. The number of rotatable bonds is 4. The van der Waals surface area contributed by atoms with Gasteiger partial charge < -0.3 is 14.7 Å². The molecule has 0 spiro atoms. The molecule has 0 aliphatic carbocycles. The van der Waals surface area contributed by atoms with Gasteiger partial charge in [-0.15, -0.1) is 0 Å². The molecule has 2 fully saturated rings. The number of carboxylic acid groups (broad SMARTS) is 1. The normalized spacial score (nSPS) is 20.9. The topological polar surface area (TPSA) is 87.2 Å². The first kappa shape index (κ1) is 17.2. The van der Waals surface area contributed by atoms with Crippen molar-refractivity contribution in [2.24, 2.45) is 5.92 Å². The molecule has 0 atom stereocenters. The molecule has 0 unspecified atom stereocenters. The highest BCUT2D eigenvalue weighted by molar-refractivity contribution is 7.89.